The second-order valence-electron chi connectivity index (χ2n) is 3.13. The first-order chi connectivity index (χ1) is 5.41. The fourth-order valence-corrected chi connectivity index (χ4v) is 1.20. The maximum atomic E-state index is 12.2. The normalized spacial score (nSPS) is 19.6. The Hall–Kier alpha value is -0.730. The largest absolute Gasteiger partial charge is 0.412 e. The zero-order chi connectivity index (χ0) is 9.35. The van der Waals surface area contributed by atoms with E-state index in [1.165, 1.54) is 6.08 Å². The van der Waals surface area contributed by atoms with E-state index in [9.17, 15) is 13.2 Å². The minimum absolute atomic E-state index is 0.132. The Morgan fingerprint density at radius 3 is 2.17 bits per heavy atom. The Morgan fingerprint density at radius 2 is 1.75 bits per heavy atom. The van der Waals surface area contributed by atoms with Crippen LogP contribution in [0, 0.1) is 0 Å². The quantitative estimate of drug-likeness (QED) is 0.529. The van der Waals surface area contributed by atoms with Crippen LogP contribution in [0.4, 0.5) is 13.2 Å². The molecule has 0 aliphatic heterocycles. The number of hydrogen-bond acceptors (Lipinski definition) is 0. The van der Waals surface area contributed by atoms with Gasteiger partial charge in [-0.2, -0.15) is 13.2 Å². The van der Waals surface area contributed by atoms with Crippen molar-refractivity contribution in [3.8, 4) is 0 Å². The number of hydrogen-bond donors (Lipinski definition) is 0. The zero-order valence-electron chi connectivity index (χ0n) is 7.13. The highest BCUT2D eigenvalue weighted by Gasteiger charge is 2.34. The number of allylic oxidation sites excluding steroid dienone is 4. The van der Waals surface area contributed by atoms with E-state index < -0.39 is 11.7 Å². The van der Waals surface area contributed by atoms with Crippen molar-refractivity contribution < 1.29 is 13.2 Å². The first kappa shape index (κ1) is 9.36. The highest BCUT2D eigenvalue weighted by molar-refractivity contribution is 5.32. The van der Waals surface area contributed by atoms with E-state index in [-0.39, 0.29) is 6.42 Å². The first-order valence-corrected chi connectivity index (χ1v) is 3.85. The first-order valence-electron chi connectivity index (χ1n) is 3.85. The van der Waals surface area contributed by atoms with Crippen LogP contribution in [-0.4, -0.2) is 6.18 Å². The predicted molar refractivity (Wildman–Crippen MR) is 41.7 cm³/mol. The third-order valence-corrected chi connectivity index (χ3v) is 2.20. The molecule has 0 radical (unpaired) electrons. The molecule has 0 spiro atoms. The molecule has 0 heterocycles. The van der Waals surface area contributed by atoms with Gasteiger partial charge in [0.2, 0.25) is 0 Å². The predicted octanol–water partition coefficient (Wildman–Crippen LogP) is 3.61. The van der Waals surface area contributed by atoms with Crippen LogP contribution in [-0.2, 0) is 0 Å². The lowest BCUT2D eigenvalue weighted by molar-refractivity contribution is -0.0942. The molecule has 0 unspecified atom stereocenters. The summed E-state index contributed by atoms with van der Waals surface area (Å²) in [6, 6.07) is 0. The Balaban J connectivity index is 2.91. The highest BCUT2D eigenvalue weighted by atomic mass is 19.4. The lowest BCUT2D eigenvalue weighted by atomic mass is 9.94. The van der Waals surface area contributed by atoms with E-state index in [4.69, 9.17) is 0 Å². The summed E-state index contributed by atoms with van der Waals surface area (Å²) < 4.78 is 36.5. The summed E-state index contributed by atoms with van der Waals surface area (Å²) in [5.41, 5.74) is 1.42. The summed E-state index contributed by atoms with van der Waals surface area (Å²) in [5.74, 6) is 0. The van der Waals surface area contributed by atoms with Crippen molar-refractivity contribution in [2.24, 2.45) is 0 Å². The summed E-state index contributed by atoms with van der Waals surface area (Å²) in [6.07, 6.45) is -2.22. The van der Waals surface area contributed by atoms with Gasteiger partial charge < -0.3 is 0 Å². The standard InChI is InChI=1S/C9H11F3/c1-6-3-4-8(5-7(6)2)9(10,11)12/h5H,3-4H2,1-2H3. The fourth-order valence-electron chi connectivity index (χ4n) is 1.20. The third-order valence-electron chi connectivity index (χ3n) is 2.20. The van der Waals surface area contributed by atoms with Gasteiger partial charge in [0.1, 0.15) is 0 Å². The van der Waals surface area contributed by atoms with Crippen LogP contribution in [0.15, 0.2) is 22.8 Å². The average Bonchev–Trinajstić information content (AvgIpc) is 1.92. The lowest BCUT2D eigenvalue weighted by Gasteiger charge is -2.17. The third kappa shape index (κ3) is 1.90. The van der Waals surface area contributed by atoms with Crippen molar-refractivity contribution in [2.45, 2.75) is 32.9 Å². The highest BCUT2D eigenvalue weighted by Crippen LogP contribution is 2.34. The van der Waals surface area contributed by atoms with Crippen molar-refractivity contribution in [1.29, 1.82) is 0 Å². The minimum Gasteiger partial charge on any atom is -0.166 e. The molecule has 0 N–H and O–H groups in total. The number of alkyl halides is 3. The SMILES string of the molecule is CC1=C(C)CCC(C(F)(F)F)=C1. The molecule has 1 aliphatic carbocycles. The van der Waals surface area contributed by atoms with Gasteiger partial charge in [0.05, 0.1) is 0 Å². The van der Waals surface area contributed by atoms with Crippen LogP contribution in [0.1, 0.15) is 26.7 Å². The summed E-state index contributed by atoms with van der Waals surface area (Å²) >= 11 is 0. The summed E-state index contributed by atoms with van der Waals surface area (Å²) in [6.45, 7) is 3.60. The summed E-state index contributed by atoms with van der Waals surface area (Å²) in [7, 11) is 0. The van der Waals surface area contributed by atoms with Gasteiger partial charge in [-0.1, -0.05) is 17.2 Å². The molecule has 0 aromatic heterocycles. The molecule has 0 amide bonds. The number of rotatable bonds is 0. The Kier molecular flexibility index (Phi) is 2.31. The maximum absolute atomic E-state index is 12.2. The molecule has 0 fully saturated rings. The molecule has 0 saturated heterocycles. The maximum Gasteiger partial charge on any atom is 0.412 e. The molecule has 68 valence electrons. The van der Waals surface area contributed by atoms with Crippen molar-refractivity contribution >= 4 is 0 Å². The molecule has 0 atom stereocenters. The number of halogens is 3. The van der Waals surface area contributed by atoms with Crippen LogP contribution in [0.5, 0.6) is 0 Å². The summed E-state index contributed by atoms with van der Waals surface area (Å²) in [4.78, 5) is 0. The van der Waals surface area contributed by atoms with Gasteiger partial charge in [-0.15, -0.1) is 0 Å². The van der Waals surface area contributed by atoms with Gasteiger partial charge in [0, 0.05) is 5.57 Å². The van der Waals surface area contributed by atoms with E-state index in [0.717, 1.165) is 11.1 Å². The zero-order valence-corrected chi connectivity index (χ0v) is 7.13. The van der Waals surface area contributed by atoms with Crippen LogP contribution < -0.4 is 0 Å². The molecule has 3 heteroatoms. The Labute approximate surface area is 69.8 Å². The van der Waals surface area contributed by atoms with Gasteiger partial charge >= 0.3 is 6.18 Å². The minimum atomic E-state index is -4.14. The molecule has 0 nitrogen and oxygen atoms in total. The van der Waals surface area contributed by atoms with E-state index in [2.05, 4.69) is 0 Å². The molecule has 1 rings (SSSR count). The molecular weight excluding hydrogens is 165 g/mol. The molecule has 0 aromatic rings. The van der Waals surface area contributed by atoms with E-state index >= 15 is 0 Å². The second kappa shape index (κ2) is 2.96. The van der Waals surface area contributed by atoms with Crippen molar-refractivity contribution in [1.82, 2.24) is 0 Å². The van der Waals surface area contributed by atoms with E-state index in [1.807, 2.05) is 6.92 Å². The van der Waals surface area contributed by atoms with Crippen LogP contribution in [0.3, 0.4) is 0 Å². The Bertz CT molecular complexity index is 243. The molecule has 0 bridgehead atoms. The van der Waals surface area contributed by atoms with Crippen LogP contribution in [0.2, 0.25) is 0 Å². The topological polar surface area (TPSA) is 0 Å². The van der Waals surface area contributed by atoms with Gasteiger partial charge in [0.15, 0.2) is 0 Å². The van der Waals surface area contributed by atoms with Gasteiger partial charge in [-0.25, -0.2) is 0 Å². The van der Waals surface area contributed by atoms with Crippen molar-refractivity contribution in [3.63, 3.8) is 0 Å². The van der Waals surface area contributed by atoms with Crippen LogP contribution in [0.25, 0.3) is 0 Å². The van der Waals surface area contributed by atoms with Gasteiger partial charge in [-0.05, 0) is 26.7 Å². The van der Waals surface area contributed by atoms with Crippen molar-refractivity contribution in [3.05, 3.63) is 22.8 Å². The molecular formula is C9H11F3. The smallest absolute Gasteiger partial charge is 0.166 e. The van der Waals surface area contributed by atoms with Gasteiger partial charge in [-0.3, -0.25) is 0 Å². The van der Waals surface area contributed by atoms with Crippen LogP contribution >= 0.6 is 0 Å². The molecule has 0 aromatic carbocycles. The average molecular weight is 176 g/mol. The van der Waals surface area contributed by atoms with Crippen molar-refractivity contribution in [2.75, 3.05) is 0 Å². The van der Waals surface area contributed by atoms with E-state index in [1.54, 1.807) is 6.92 Å². The van der Waals surface area contributed by atoms with Gasteiger partial charge in [0.25, 0.3) is 0 Å². The molecule has 1 aliphatic rings. The lowest BCUT2D eigenvalue weighted by Crippen LogP contribution is -2.14. The Morgan fingerprint density at radius 1 is 1.17 bits per heavy atom. The summed E-state index contributed by atoms with van der Waals surface area (Å²) in [5, 5.41) is 0. The molecule has 12 heavy (non-hydrogen) atoms. The van der Waals surface area contributed by atoms with E-state index in [0.29, 0.717) is 6.42 Å². The second-order valence-corrected chi connectivity index (χ2v) is 3.13. The fraction of sp³-hybridized carbons (Fsp3) is 0.556. The molecule has 0 saturated carbocycles. The monoisotopic (exact) mass is 176 g/mol.